The fourth-order valence-corrected chi connectivity index (χ4v) is 5.15. The molecule has 3 rings (SSSR count). The Kier molecular flexibility index (Phi) is 5.51. The van der Waals surface area contributed by atoms with Crippen LogP contribution in [0.3, 0.4) is 0 Å². The van der Waals surface area contributed by atoms with E-state index in [1.54, 1.807) is 12.1 Å². The van der Waals surface area contributed by atoms with E-state index in [0.29, 0.717) is 5.76 Å². The van der Waals surface area contributed by atoms with Crippen LogP contribution in [0, 0.1) is 5.82 Å². The normalized spacial score (nSPS) is 12.1. The van der Waals surface area contributed by atoms with E-state index in [-0.39, 0.29) is 27.0 Å². The number of benzene rings is 2. The standard InChI is InChI=1S/C18H15ClFNO5S2/c1-27(22,23)16-8-9-17(19)18(11-16)28(24,25)21(12-15-3-2-10-26-15)14-6-4-13(20)5-7-14/h2-11H,12H2,1H3. The molecule has 0 bridgehead atoms. The first-order valence-corrected chi connectivity index (χ1v) is 11.6. The number of hydrogen-bond acceptors (Lipinski definition) is 5. The van der Waals surface area contributed by atoms with Gasteiger partial charge in [-0.1, -0.05) is 11.6 Å². The maximum Gasteiger partial charge on any atom is 0.266 e. The van der Waals surface area contributed by atoms with Crippen molar-refractivity contribution in [1.82, 2.24) is 0 Å². The first-order valence-electron chi connectivity index (χ1n) is 7.89. The van der Waals surface area contributed by atoms with Crippen molar-refractivity contribution in [3.05, 3.63) is 77.5 Å². The van der Waals surface area contributed by atoms with Gasteiger partial charge in [-0.25, -0.2) is 21.2 Å². The van der Waals surface area contributed by atoms with Gasteiger partial charge in [0, 0.05) is 6.26 Å². The maximum atomic E-state index is 13.4. The molecule has 0 N–H and O–H groups in total. The van der Waals surface area contributed by atoms with Gasteiger partial charge in [0.25, 0.3) is 10.0 Å². The predicted octanol–water partition coefficient (Wildman–Crippen LogP) is 3.87. The van der Waals surface area contributed by atoms with Crippen LogP contribution in [0.2, 0.25) is 5.02 Å². The Morgan fingerprint density at radius 2 is 1.71 bits per heavy atom. The Bertz CT molecular complexity index is 1190. The average molecular weight is 444 g/mol. The van der Waals surface area contributed by atoms with Crippen molar-refractivity contribution >= 4 is 37.1 Å². The third-order valence-electron chi connectivity index (χ3n) is 3.89. The van der Waals surface area contributed by atoms with Crippen molar-refractivity contribution in [1.29, 1.82) is 0 Å². The minimum atomic E-state index is -4.30. The van der Waals surface area contributed by atoms with Crippen LogP contribution >= 0.6 is 11.6 Å². The monoisotopic (exact) mass is 443 g/mol. The number of sulfonamides is 1. The lowest BCUT2D eigenvalue weighted by Crippen LogP contribution is -2.30. The second kappa shape index (κ2) is 7.57. The minimum Gasteiger partial charge on any atom is -0.467 e. The summed E-state index contributed by atoms with van der Waals surface area (Å²) in [5.74, 6) is -0.195. The van der Waals surface area contributed by atoms with Gasteiger partial charge in [0.15, 0.2) is 9.84 Å². The molecule has 0 fully saturated rings. The number of hydrogen-bond donors (Lipinski definition) is 0. The zero-order valence-electron chi connectivity index (χ0n) is 14.5. The molecule has 28 heavy (non-hydrogen) atoms. The molecule has 148 valence electrons. The van der Waals surface area contributed by atoms with Gasteiger partial charge in [-0.15, -0.1) is 0 Å². The third kappa shape index (κ3) is 4.21. The zero-order valence-corrected chi connectivity index (χ0v) is 16.9. The average Bonchev–Trinajstić information content (AvgIpc) is 3.13. The lowest BCUT2D eigenvalue weighted by molar-refractivity contribution is 0.508. The molecule has 0 saturated heterocycles. The molecule has 0 unspecified atom stereocenters. The maximum absolute atomic E-state index is 13.4. The first kappa shape index (κ1) is 20.4. The van der Waals surface area contributed by atoms with Gasteiger partial charge >= 0.3 is 0 Å². The summed E-state index contributed by atoms with van der Waals surface area (Å²) in [5, 5.41) is -0.140. The number of nitrogens with zero attached hydrogens (tertiary/aromatic N) is 1. The van der Waals surface area contributed by atoms with E-state index < -0.39 is 25.7 Å². The SMILES string of the molecule is CS(=O)(=O)c1ccc(Cl)c(S(=O)(=O)N(Cc2ccco2)c2ccc(F)cc2)c1. The Balaban J connectivity index is 2.17. The number of furan rings is 1. The van der Waals surface area contributed by atoms with E-state index in [1.165, 1.54) is 30.5 Å². The van der Waals surface area contributed by atoms with Crippen LogP contribution < -0.4 is 4.31 Å². The molecule has 1 heterocycles. The van der Waals surface area contributed by atoms with Crippen molar-refractivity contribution in [2.45, 2.75) is 16.3 Å². The van der Waals surface area contributed by atoms with E-state index >= 15 is 0 Å². The quantitative estimate of drug-likeness (QED) is 0.577. The fourth-order valence-electron chi connectivity index (χ4n) is 2.50. The number of sulfone groups is 1. The molecule has 0 spiro atoms. The van der Waals surface area contributed by atoms with Gasteiger partial charge in [-0.2, -0.15) is 0 Å². The summed E-state index contributed by atoms with van der Waals surface area (Å²) in [5.41, 5.74) is 0.165. The summed E-state index contributed by atoms with van der Waals surface area (Å²) in [6.07, 6.45) is 2.36. The lowest BCUT2D eigenvalue weighted by Gasteiger charge is -2.24. The Morgan fingerprint density at radius 3 is 2.29 bits per heavy atom. The molecule has 1 aromatic heterocycles. The molecule has 10 heteroatoms. The molecule has 0 aliphatic heterocycles. The van der Waals surface area contributed by atoms with E-state index in [2.05, 4.69) is 0 Å². The highest BCUT2D eigenvalue weighted by molar-refractivity contribution is 7.93. The van der Waals surface area contributed by atoms with Gasteiger partial charge in [-0.3, -0.25) is 4.31 Å². The molecular formula is C18H15ClFNO5S2. The van der Waals surface area contributed by atoms with Gasteiger partial charge in [-0.05, 0) is 54.6 Å². The van der Waals surface area contributed by atoms with Crippen LogP contribution in [0.4, 0.5) is 10.1 Å². The zero-order chi connectivity index (χ0) is 20.5. The molecule has 0 amide bonds. The van der Waals surface area contributed by atoms with E-state index in [0.717, 1.165) is 28.8 Å². The largest absolute Gasteiger partial charge is 0.467 e. The molecule has 0 aliphatic rings. The summed E-state index contributed by atoms with van der Waals surface area (Å²) < 4.78 is 69.9. The van der Waals surface area contributed by atoms with Crippen molar-refractivity contribution in [2.24, 2.45) is 0 Å². The van der Waals surface area contributed by atoms with Gasteiger partial charge < -0.3 is 4.42 Å². The van der Waals surface area contributed by atoms with Crippen molar-refractivity contribution in [3.63, 3.8) is 0 Å². The highest BCUT2D eigenvalue weighted by atomic mass is 35.5. The first-order chi connectivity index (χ1) is 13.1. The summed E-state index contributed by atoms with van der Waals surface area (Å²) in [4.78, 5) is -0.569. The minimum absolute atomic E-state index is 0.140. The van der Waals surface area contributed by atoms with Crippen LogP contribution in [0.1, 0.15) is 5.76 Å². The van der Waals surface area contributed by atoms with Gasteiger partial charge in [0.2, 0.25) is 0 Å². The second-order valence-electron chi connectivity index (χ2n) is 5.93. The Labute approximate surface area is 167 Å². The highest BCUT2D eigenvalue weighted by Crippen LogP contribution is 2.32. The molecule has 0 radical (unpaired) electrons. The third-order valence-corrected chi connectivity index (χ3v) is 7.26. The predicted molar refractivity (Wildman–Crippen MR) is 103 cm³/mol. The van der Waals surface area contributed by atoms with Crippen molar-refractivity contribution in [2.75, 3.05) is 10.6 Å². The molecule has 6 nitrogen and oxygen atoms in total. The molecule has 3 aromatic rings. The van der Waals surface area contributed by atoms with E-state index in [9.17, 15) is 21.2 Å². The Hall–Kier alpha value is -2.36. The topological polar surface area (TPSA) is 84.7 Å². The number of rotatable bonds is 6. The lowest BCUT2D eigenvalue weighted by atomic mass is 10.3. The molecule has 0 saturated carbocycles. The van der Waals surface area contributed by atoms with Crippen LogP contribution in [0.25, 0.3) is 0 Å². The van der Waals surface area contributed by atoms with E-state index in [1.807, 2.05) is 0 Å². The summed E-state index contributed by atoms with van der Waals surface area (Å²) in [6, 6.07) is 11.5. The molecule has 0 atom stereocenters. The van der Waals surface area contributed by atoms with E-state index in [4.69, 9.17) is 16.0 Å². The van der Waals surface area contributed by atoms with Crippen molar-refractivity contribution < 1.29 is 25.6 Å². The number of anilines is 1. The smallest absolute Gasteiger partial charge is 0.266 e. The van der Waals surface area contributed by atoms with Crippen LogP contribution in [0.15, 0.2) is 75.1 Å². The summed E-state index contributed by atoms with van der Waals surface area (Å²) >= 11 is 6.09. The summed E-state index contributed by atoms with van der Waals surface area (Å²) in [6.45, 7) is -0.194. The van der Waals surface area contributed by atoms with Crippen LogP contribution in [-0.4, -0.2) is 23.1 Å². The van der Waals surface area contributed by atoms with Gasteiger partial charge in [0.1, 0.15) is 16.5 Å². The van der Waals surface area contributed by atoms with Crippen molar-refractivity contribution in [3.8, 4) is 0 Å². The van der Waals surface area contributed by atoms with Crippen LogP contribution in [-0.2, 0) is 26.4 Å². The molecule has 0 aliphatic carbocycles. The molecule has 2 aromatic carbocycles. The van der Waals surface area contributed by atoms with Gasteiger partial charge in [0.05, 0.1) is 28.4 Å². The van der Waals surface area contributed by atoms with Crippen LogP contribution in [0.5, 0.6) is 0 Å². The highest BCUT2D eigenvalue weighted by Gasteiger charge is 2.29. The summed E-state index contributed by atoms with van der Waals surface area (Å²) in [7, 11) is -7.96. The fraction of sp³-hybridized carbons (Fsp3) is 0.111. The molecular weight excluding hydrogens is 429 g/mol. The number of halogens is 2. The second-order valence-corrected chi connectivity index (χ2v) is 10.2. The Morgan fingerprint density at radius 1 is 1.04 bits per heavy atom.